The Morgan fingerprint density at radius 2 is 1.65 bits per heavy atom. The molecule has 0 unspecified atom stereocenters. The van der Waals surface area contributed by atoms with E-state index in [1.54, 1.807) is 25.1 Å². The van der Waals surface area contributed by atoms with Gasteiger partial charge in [0.15, 0.2) is 0 Å². The van der Waals surface area contributed by atoms with Gasteiger partial charge in [-0.3, -0.25) is 0 Å². The van der Waals surface area contributed by atoms with E-state index in [-0.39, 0.29) is 18.8 Å². The lowest BCUT2D eigenvalue weighted by atomic mass is 9.92. The van der Waals surface area contributed by atoms with Gasteiger partial charge in [-0.05, 0) is 123 Å². The van der Waals surface area contributed by atoms with Gasteiger partial charge in [0.2, 0.25) is 0 Å². The number of alkyl halides is 1. The summed E-state index contributed by atoms with van der Waals surface area (Å²) in [7, 11) is 0. The Balaban J connectivity index is 1.07. The molecular formula is C47H52ClFN4O4. The predicted octanol–water partition coefficient (Wildman–Crippen LogP) is 9.69. The van der Waals surface area contributed by atoms with Gasteiger partial charge in [-0.1, -0.05) is 54.8 Å². The highest BCUT2D eigenvalue weighted by molar-refractivity contribution is 6.32. The van der Waals surface area contributed by atoms with Crippen molar-refractivity contribution >= 4 is 11.6 Å². The van der Waals surface area contributed by atoms with Gasteiger partial charge in [0.25, 0.3) is 0 Å². The molecule has 7 rings (SSSR count). The third kappa shape index (κ3) is 9.91. The molecule has 1 saturated heterocycles. The average Bonchev–Trinajstić information content (AvgIpc) is 3.63. The van der Waals surface area contributed by atoms with Crippen LogP contribution in [0.1, 0.15) is 103 Å². The molecule has 0 spiro atoms. The number of nitrogens with one attached hydrogen (secondary N) is 1. The molecule has 57 heavy (non-hydrogen) atoms. The van der Waals surface area contributed by atoms with Crippen molar-refractivity contribution in [3.8, 4) is 40.5 Å². The van der Waals surface area contributed by atoms with Crippen LogP contribution in [0.3, 0.4) is 0 Å². The Kier molecular flexibility index (Phi) is 13.0. The summed E-state index contributed by atoms with van der Waals surface area (Å²) in [6.45, 7) is 7.51. The molecule has 2 fully saturated rings. The minimum absolute atomic E-state index is 0.0203. The lowest BCUT2D eigenvalue weighted by Crippen LogP contribution is -2.41. The molecule has 1 heterocycles. The second-order valence-corrected chi connectivity index (χ2v) is 16.5. The molecule has 0 aromatic heterocycles. The number of nitriles is 2. The molecule has 3 aliphatic rings. The number of benzene rings is 4. The fraction of sp³-hybridized carbons (Fsp3) is 0.447. The van der Waals surface area contributed by atoms with Crippen LogP contribution in [-0.2, 0) is 19.6 Å². The summed E-state index contributed by atoms with van der Waals surface area (Å²) >= 11 is 6.96. The molecule has 1 aliphatic heterocycles. The fourth-order valence-electron chi connectivity index (χ4n) is 8.51. The first kappa shape index (κ1) is 40.6. The van der Waals surface area contributed by atoms with Gasteiger partial charge in [0.05, 0.1) is 41.0 Å². The first-order chi connectivity index (χ1) is 27.6. The Labute approximate surface area is 341 Å². The van der Waals surface area contributed by atoms with Crippen LogP contribution in [-0.4, -0.2) is 54.1 Å². The lowest BCUT2D eigenvalue weighted by Gasteiger charge is -2.34. The number of ether oxygens (including phenoxy) is 3. The van der Waals surface area contributed by atoms with Crippen molar-refractivity contribution < 1.29 is 23.7 Å². The van der Waals surface area contributed by atoms with E-state index in [0.29, 0.717) is 59.2 Å². The third-order valence-corrected chi connectivity index (χ3v) is 12.2. The van der Waals surface area contributed by atoms with Crippen LogP contribution >= 0.6 is 11.6 Å². The monoisotopic (exact) mass is 790 g/mol. The number of piperidine rings is 1. The Hall–Kier alpha value is -4.64. The number of rotatable bonds is 14. The van der Waals surface area contributed by atoms with Crippen LogP contribution in [0.5, 0.6) is 17.2 Å². The van der Waals surface area contributed by atoms with E-state index >= 15 is 0 Å². The summed E-state index contributed by atoms with van der Waals surface area (Å²) in [5, 5.41) is 33.6. The maximum absolute atomic E-state index is 14.2. The quantitative estimate of drug-likeness (QED) is 0.122. The van der Waals surface area contributed by atoms with E-state index in [9.17, 15) is 20.0 Å². The second kappa shape index (κ2) is 18.3. The van der Waals surface area contributed by atoms with Gasteiger partial charge in [-0.25, -0.2) is 4.39 Å². The minimum Gasteiger partial charge on any atom is -0.493 e. The molecular weight excluding hydrogens is 739 g/mol. The molecule has 3 atom stereocenters. The highest BCUT2D eigenvalue weighted by Crippen LogP contribution is 2.44. The normalized spacial score (nSPS) is 20.3. The van der Waals surface area contributed by atoms with E-state index in [0.717, 1.165) is 92.6 Å². The van der Waals surface area contributed by atoms with Gasteiger partial charge >= 0.3 is 0 Å². The SMILES string of the molecule is Cc1c(OCCCN2CCC(C)(F)CC2)cccc1-c1cccc2c1CC[C@@H]2Oc1cc(OCc2cc(C#N)cc(C#N)c2)c(CN[C@@H]2CCCC[C@@H]2O)cc1Cl. The summed E-state index contributed by atoms with van der Waals surface area (Å²) in [5.41, 5.74) is 7.05. The van der Waals surface area contributed by atoms with E-state index < -0.39 is 11.8 Å². The van der Waals surface area contributed by atoms with Gasteiger partial charge in [0.1, 0.15) is 35.6 Å². The number of nitrogens with zero attached hydrogens (tertiary/aromatic N) is 3. The van der Waals surface area contributed by atoms with Crippen LogP contribution in [0.4, 0.5) is 4.39 Å². The van der Waals surface area contributed by atoms with Gasteiger partial charge in [-0.2, -0.15) is 10.5 Å². The topological polar surface area (TPSA) is 111 Å². The number of fused-ring (bicyclic) bond motifs is 1. The largest absolute Gasteiger partial charge is 0.493 e. The molecule has 298 valence electrons. The molecule has 0 amide bonds. The standard InChI is InChI=1S/C47H52ClFN4O4/c1-31-36(8-6-13-43(31)55-21-7-18-53-19-16-47(2,49)17-20-53)37-9-5-10-39-38(37)14-15-44(39)57-46-26-45(56-30-34-23-32(27-50)22-33(24-34)28-51)35(25-40(46)48)29-52-41-11-3-4-12-42(41)54/h5-6,8-10,13,22-26,41-42,44,52,54H,3-4,7,11-12,14-21,29-30H2,1-2H3/t41-,42+,44+/m1/s1. The maximum Gasteiger partial charge on any atom is 0.142 e. The summed E-state index contributed by atoms with van der Waals surface area (Å²) < 4.78 is 33.7. The van der Waals surface area contributed by atoms with Crippen molar-refractivity contribution in [1.29, 1.82) is 10.5 Å². The molecule has 4 aromatic carbocycles. The molecule has 2 N–H and O–H groups in total. The summed E-state index contributed by atoms with van der Waals surface area (Å²) in [5.74, 6) is 1.96. The van der Waals surface area contributed by atoms with E-state index in [2.05, 4.69) is 59.6 Å². The van der Waals surface area contributed by atoms with Crippen LogP contribution in [0.2, 0.25) is 5.02 Å². The van der Waals surface area contributed by atoms with E-state index in [1.807, 2.05) is 18.2 Å². The Morgan fingerprint density at radius 3 is 2.40 bits per heavy atom. The molecule has 8 nitrogen and oxygen atoms in total. The van der Waals surface area contributed by atoms with Gasteiger partial charge in [-0.15, -0.1) is 0 Å². The Morgan fingerprint density at radius 1 is 0.912 bits per heavy atom. The zero-order chi connectivity index (χ0) is 39.9. The third-order valence-electron chi connectivity index (χ3n) is 11.9. The predicted molar refractivity (Wildman–Crippen MR) is 220 cm³/mol. The second-order valence-electron chi connectivity index (χ2n) is 16.1. The van der Waals surface area contributed by atoms with E-state index in [4.69, 9.17) is 25.8 Å². The molecule has 0 bridgehead atoms. The first-order valence-electron chi connectivity index (χ1n) is 20.3. The van der Waals surface area contributed by atoms with Crippen molar-refractivity contribution in [3.63, 3.8) is 0 Å². The number of halogens is 2. The van der Waals surface area contributed by atoms with Crippen LogP contribution < -0.4 is 19.5 Å². The molecule has 2 aliphatic carbocycles. The average molecular weight is 791 g/mol. The molecule has 10 heteroatoms. The Bertz CT molecular complexity index is 2100. The van der Waals surface area contributed by atoms with Crippen molar-refractivity contribution in [2.24, 2.45) is 0 Å². The van der Waals surface area contributed by atoms with Gasteiger partial charge in [0, 0.05) is 43.9 Å². The highest BCUT2D eigenvalue weighted by atomic mass is 35.5. The number of hydrogen-bond acceptors (Lipinski definition) is 8. The number of aliphatic hydroxyl groups is 1. The van der Waals surface area contributed by atoms with E-state index in [1.165, 1.54) is 11.1 Å². The van der Waals surface area contributed by atoms with Crippen molar-refractivity contribution in [2.45, 2.75) is 109 Å². The first-order valence-corrected chi connectivity index (χ1v) is 20.7. The molecule has 0 radical (unpaired) electrons. The van der Waals surface area contributed by atoms with Gasteiger partial charge < -0.3 is 29.5 Å². The van der Waals surface area contributed by atoms with Crippen LogP contribution in [0.15, 0.2) is 66.7 Å². The summed E-state index contributed by atoms with van der Waals surface area (Å²) in [6, 6.07) is 25.6. The van der Waals surface area contributed by atoms with Crippen LogP contribution in [0.25, 0.3) is 11.1 Å². The fourth-order valence-corrected chi connectivity index (χ4v) is 8.75. The van der Waals surface area contributed by atoms with Crippen molar-refractivity contribution in [1.82, 2.24) is 10.2 Å². The maximum atomic E-state index is 14.2. The lowest BCUT2D eigenvalue weighted by molar-refractivity contribution is 0.0715. The minimum atomic E-state index is -1.04. The highest BCUT2D eigenvalue weighted by Gasteiger charge is 2.30. The zero-order valence-electron chi connectivity index (χ0n) is 33.0. The smallest absolute Gasteiger partial charge is 0.142 e. The molecule has 1 saturated carbocycles. The number of likely N-dealkylation sites (tertiary alicyclic amines) is 1. The zero-order valence-corrected chi connectivity index (χ0v) is 33.7. The van der Waals surface area contributed by atoms with Crippen LogP contribution in [0, 0.1) is 29.6 Å². The van der Waals surface area contributed by atoms with Crippen molar-refractivity contribution in [3.05, 3.63) is 111 Å². The number of hydrogen-bond donors (Lipinski definition) is 2. The molecule has 4 aromatic rings. The van der Waals surface area contributed by atoms with Crippen molar-refractivity contribution in [2.75, 3.05) is 26.2 Å². The summed E-state index contributed by atoms with van der Waals surface area (Å²) in [4.78, 5) is 2.33. The number of aliphatic hydroxyl groups excluding tert-OH is 1. The summed E-state index contributed by atoms with van der Waals surface area (Å²) in [6.07, 6.45) is 6.83.